The van der Waals surface area contributed by atoms with Gasteiger partial charge in [-0.25, -0.2) is 0 Å². The van der Waals surface area contributed by atoms with Crippen molar-refractivity contribution >= 4 is 18.4 Å². The fourth-order valence-electron chi connectivity index (χ4n) is 7.78. The smallest absolute Gasteiger partial charge is 0.314 e. The van der Waals surface area contributed by atoms with E-state index in [1.54, 1.807) is 18.3 Å². The first kappa shape index (κ1) is 45.2. The number of phenols is 2. The summed E-state index contributed by atoms with van der Waals surface area (Å²) < 4.78 is 12.1. The minimum absolute atomic E-state index is 0.0781. The SMILES string of the molecule is CC(C)(C)c1cc(COCCCCCCCCCCO)cc(C=N[C@@H]2CCCC[C@H]2N=Cc2cc(OC(=O)C3CC/C=C\CCC3)cc(C(C)(C)C)c2O)c1O. The molecule has 0 bridgehead atoms. The molecule has 0 aromatic heterocycles. The molecule has 8 heteroatoms. The minimum atomic E-state index is -0.382. The lowest BCUT2D eigenvalue weighted by atomic mass is 9.84. The van der Waals surface area contributed by atoms with Crippen molar-refractivity contribution in [1.29, 1.82) is 0 Å². The molecule has 310 valence electrons. The number of esters is 1. The van der Waals surface area contributed by atoms with Crippen LogP contribution in [0, 0.1) is 5.92 Å². The highest BCUT2D eigenvalue weighted by atomic mass is 16.5. The summed E-state index contributed by atoms with van der Waals surface area (Å²) in [7, 11) is 0. The first-order valence-corrected chi connectivity index (χ1v) is 21.6. The van der Waals surface area contributed by atoms with Gasteiger partial charge in [0.25, 0.3) is 0 Å². The molecule has 2 aromatic carbocycles. The summed E-state index contributed by atoms with van der Waals surface area (Å²) in [6.07, 6.45) is 25.2. The zero-order valence-corrected chi connectivity index (χ0v) is 35.5. The van der Waals surface area contributed by atoms with Crippen LogP contribution in [0.25, 0.3) is 0 Å². The van der Waals surface area contributed by atoms with E-state index in [4.69, 9.17) is 24.6 Å². The number of hydrogen-bond acceptors (Lipinski definition) is 8. The third-order valence-electron chi connectivity index (χ3n) is 11.2. The fraction of sp³-hybridized carbons (Fsp3) is 0.646. The molecule has 56 heavy (non-hydrogen) atoms. The number of allylic oxidation sites excluding steroid dienone is 2. The maximum Gasteiger partial charge on any atom is 0.314 e. The first-order valence-electron chi connectivity index (χ1n) is 21.6. The van der Waals surface area contributed by atoms with E-state index in [0.29, 0.717) is 42.3 Å². The van der Waals surface area contributed by atoms with Crippen LogP contribution in [0.15, 0.2) is 46.4 Å². The topological polar surface area (TPSA) is 121 Å². The highest BCUT2D eigenvalue weighted by Crippen LogP contribution is 2.38. The molecule has 0 radical (unpaired) electrons. The maximum atomic E-state index is 13.3. The van der Waals surface area contributed by atoms with Crippen molar-refractivity contribution in [3.63, 3.8) is 0 Å². The number of carbonyl (C=O) groups excluding carboxylic acids is 1. The van der Waals surface area contributed by atoms with E-state index in [0.717, 1.165) is 94.6 Å². The monoisotopic (exact) mass is 773 g/mol. The van der Waals surface area contributed by atoms with E-state index in [1.807, 2.05) is 33.1 Å². The lowest BCUT2D eigenvalue weighted by molar-refractivity contribution is -0.139. The minimum Gasteiger partial charge on any atom is -0.507 e. The number of aromatic hydroxyl groups is 2. The fourth-order valence-corrected chi connectivity index (χ4v) is 7.78. The van der Waals surface area contributed by atoms with Crippen molar-refractivity contribution in [2.45, 2.75) is 180 Å². The van der Waals surface area contributed by atoms with Crippen molar-refractivity contribution in [2.75, 3.05) is 13.2 Å². The molecule has 0 heterocycles. The molecular formula is C48H72N2O6. The highest BCUT2D eigenvalue weighted by molar-refractivity contribution is 5.87. The largest absolute Gasteiger partial charge is 0.507 e. The van der Waals surface area contributed by atoms with Crippen molar-refractivity contribution in [3.05, 3.63) is 64.2 Å². The zero-order chi connectivity index (χ0) is 40.6. The molecule has 0 spiro atoms. The van der Waals surface area contributed by atoms with Gasteiger partial charge in [0, 0.05) is 47.9 Å². The molecule has 8 nitrogen and oxygen atoms in total. The van der Waals surface area contributed by atoms with Gasteiger partial charge in [-0.05, 0) is 98.4 Å². The Kier molecular flexibility index (Phi) is 18.1. The molecule has 0 saturated heterocycles. The quantitative estimate of drug-likeness (QED) is 0.0456. The van der Waals surface area contributed by atoms with Crippen LogP contribution in [0.3, 0.4) is 0 Å². The molecule has 0 amide bonds. The van der Waals surface area contributed by atoms with Crippen LogP contribution in [-0.2, 0) is 27.0 Å². The molecule has 3 N–H and O–H groups in total. The average molecular weight is 773 g/mol. The predicted octanol–water partition coefficient (Wildman–Crippen LogP) is 11.2. The molecule has 2 aromatic rings. The number of hydrogen-bond donors (Lipinski definition) is 3. The van der Waals surface area contributed by atoms with Crippen LogP contribution < -0.4 is 4.74 Å². The number of aliphatic hydroxyl groups is 1. The molecule has 0 aliphatic heterocycles. The number of aliphatic imine (C=N–C) groups is 2. The highest BCUT2D eigenvalue weighted by Gasteiger charge is 2.27. The van der Waals surface area contributed by atoms with E-state index >= 15 is 0 Å². The summed E-state index contributed by atoms with van der Waals surface area (Å²) in [5.74, 6) is 0.483. The molecule has 1 fully saturated rings. The van der Waals surface area contributed by atoms with Gasteiger partial charge in [0.2, 0.25) is 0 Å². The first-order chi connectivity index (χ1) is 26.8. The second-order valence-electron chi connectivity index (χ2n) is 18.2. The van der Waals surface area contributed by atoms with Gasteiger partial charge in [0.05, 0.1) is 24.6 Å². The molecule has 1 unspecified atom stereocenters. The number of aliphatic hydroxyl groups excluding tert-OH is 1. The molecule has 1 saturated carbocycles. The van der Waals surface area contributed by atoms with Gasteiger partial charge in [0.1, 0.15) is 17.2 Å². The lowest BCUT2D eigenvalue weighted by Crippen LogP contribution is -2.27. The van der Waals surface area contributed by atoms with Crippen LogP contribution in [0.4, 0.5) is 0 Å². The van der Waals surface area contributed by atoms with E-state index in [2.05, 4.69) is 39.0 Å². The van der Waals surface area contributed by atoms with E-state index in [9.17, 15) is 15.0 Å². The Morgan fingerprint density at radius 3 is 1.86 bits per heavy atom. The summed E-state index contributed by atoms with van der Waals surface area (Å²) >= 11 is 0. The number of benzene rings is 2. The van der Waals surface area contributed by atoms with Crippen LogP contribution in [-0.4, -0.2) is 59.0 Å². The van der Waals surface area contributed by atoms with Gasteiger partial charge in [0.15, 0.2) is 0 Å². The number of phenolic OH excluding ortho intramolecular Hbond substituents is 2. The van der Waals surface area contributed by atoms with Gasteiger partial charge >= 0.3 is 5.97 Å². The van der Waals surface area contributed by atoms with Gasteiger partial charge in [-0.3, -0.25) is 14.8 Å². The summed E-state index contributed by atoms with van der Waals surface area (Å²) in [5.41, 5.74) is 3.17. The Hall–Kier alpha value is -3.49. The van der Waals surface area contributed by atoms with Crippen LogP contribution in [0.1, 0.15) is 179 Å². The second-order valence-corrected chi connectivity index (χ2v) is 18.2. The Morgan fingerprint density at radius 2 is 1.25 bits per heavy atom. The van der Waals surface area contributed by atoms with E-state index in [1.165, 1.54) is 25.7 Å². The summed E-state index contributed by atoms with van der Waals surface area (Å²) in [5, 5.41) is 31.8. The molecule has 4 rings (SSSR count). The molecule has 3 atom stereocenters. The van der Waals surface area contributed by atoms with Gasteiger partial charge < -0.3 is 24.8 Å². The van der Waals surface area contributed by atoms with Crippen molar-refractivity contribution in [2.24, 2.45) is 15.9 Å². The summed E-state index contributed by atoms with van der Waals surface area (Å²) in [6, 6.07) is 7.41. The standard InChI is InChI=1S/C48H72N2O6/c1-47(2,3)40-29-35(34-55-27-21-15-10-8-7-9-14-20-26-51)28-37(44(40)52)32-49-42-24-18-19-25-43(42)50-33-38-30-39(31-41(45(38)53)48(4,5)6)56-46(54)36-22-16-12-11-13-17-23-36/h11-12,28-33,36,42-43,51-53H,7-10,13-27,34H2,1-6H3/b12-11-,49-32?,50-33?/t36?,42-,43-/m1/s1. The van der Waals surface area contributed by atoms with Gasteiger partial charge in [-0.1, -0.05) is 105 Å². The maximum absolute atomic E-state index is 13.3. The Bertz CT molecular complexity index is 1610. The van der Waals surface area contributed by atoms with E-state index in [-0.39, 0.29) is 46.3 Å². The molecular weight excluding hydrogens is 701 g/mol. The predicted molar refractivity (Wildman–Crippen MR) is 230 cm³/mol. The Morgan fingerprint density at radius 1 is 0.696 bits per heavy atom. The van der Waals surface area contributed by atoms with Crippen molar-refractivity contribution in [3.8, 4) is 17.2 Å². The number of unbranched alkanes of at least 4 members (excludes halogenated alkanes) is 7. The number of ether oxygens (including phenoxy) is 2. The van der Waals surface area contributed by atoms with E-state index < -0.39 is 0 Å². The Labute approximate surface area is 337 Å². The average Bonchev–Trinajstić information content (AvgIpc) is 3.13. The number of rotatable bonds is 18. The summed E-state index contributed by atoms with van der Waals surface area (Å²) in [6.45, 7) is 13.9. The number of carbonyl (C=O) groups is 1. The molecule has 2 aliphatic carbocycles. The Balaban J connectivity index is 1.46. The lowest BCUT2D eigenvalue weighted by Gasteiger charge is -2.26. The molecule has 2 aliphatic rings. The number of nitrogens with zero attached hydrogens (tertiary/aromatic N) is 2. The normalized spacial score (nSPS) is 20.3. The van der Waals surface area contributed by atoms with Crippen LogP contribution >= 0.6 is 0 Å². The van der Waals surface area contributed by atoms with Crippen LogP contribution in [0.2, 0.25) is 0 Å². The second kappa shape index (κ2) is 22.4. The van der Waals surface area contributed by atoms with Crippen LogP contribution in [0.5, 0.6) is 17.2 Å². The van der Waals surface area contributed by atoms with Crippen molar-refractivity contribution < 1.29 is 29.6 Å². The third-order valence-corrected chi connectivity index (χ3v) is 11.2. The van der Waals surface area contributed by atoms with Gasteiger partial charge in [-0.15, -0.1) is 0 Å². The summed E-state index contributed by atoms with van der Waals surface area (Å²) in [4.78, 5) is 23.4. The zero-order valence-electron chi connectivity index (χ0n) is 35.5. The van der Waals surface area contributed by atoms with Gasteiger partial charge in [-0.2, -0.15) is 0 Å². The van der Waals surface area contributed by atoms with Crippen molar-refractivity contribution in [1.82, 2.24) is 0 Å². The third kappa shape index (κ3) is 14.5.